The van der Waals surface area contributed by atoms with Gasteiger partial charge in [0.25, 0.3) is 0 Å². The molecule has 3 rings (SSSR count). The van der Waals surface area contributed by atoms with Crippen molar-refractivity contribution in [3.63, 3.8) is 0 Å². The third-order valence-electron chi connectivity index (χ3n) is 3.28. The number of nitrogens with zero attached hydrogens (tertiary/aromatic N) is 3. The molecule has 0 aliphatic carbocycles. The Morgan fingerprint density at radius 1 is 1.10 bits per heavy atom. The van der Waals surface area contributed by atoms with E-state index >= 15 is 0 Å². The van der Waals surface area contributed by atoms with Crippen molar-refractivity contribution in [1.82, 2.24) is 9.78 Å². The summed E-state index contributed by atoms with van der Waals surface area (Å²) >= 11 is 0. The van der Waals surface area contributed by atoms with Crippen LogP contribution in [0.1, 0.15) is 11.1 Å². The van der Waals surface area contributed by atoms with Gasteiger partial charge in [-0.1, -0.05) is 24.3 Å². The quantitative estimate of drug-likeness (QED) is 0.746. The van der Waals surface area contributed by atoms with Crippen LogP contribution < -0.4 is 5.73 Å². The van der Waals surface area contributed by atoms with Gasteiger partial charge in [0.2, 0.25) is 0 Å². The number of anilines is 1. The van der Waals surface area contributed by atoms with E-state index in [0.717, 1.165) is 22.4 Å². The summed E-state index contributed by atoms with van der Waals surface area (Å²) in [5.74, 6) is 0. The lowest BCUT2D eigenvalue weighted by atomic mass is 10.1. The molecule has 0 saturated heterocycles. The Balaban J connectivity index is 1.82. The molecule has 0 aliphatic rings. The van der Waals surface area contributed by atoms with Crippen molar-refractivity contribution in [2.24, 2.45) is 0 Å². The van der Waals surface area contributed by atoms with E-state index in [2.05, 4.69) is 11.2 Å². The zero-order valence-corrected chi connectivity index (χ0v) is 11.4. The van der Waals surface area contributed by atoms with Gasteiger partial charge < -0.3 is 5.73 Å². The van der Waals surface area contributed by atoms with Crippen LogP contribution in [0.3, 0.4) is 0 Å². The molecule has 4 heteroatoms. The average molecular weight is 274 g/mol. The van der Waals surface area contributed by atoms with Crippen LogP contribution in [0.4, 0.5) is 5.69 Å². The SMILES string of the molecule is N#Cc1cccc(Cn2cc(-c3ccc(N)cc3)cn2)c1. The van der Waals surface area contributed by atoms with Crippen LogP contribution in [-0.4, -0.2) is 9.78 Å². The summed E-state index contributed by atoms with van der Waals surface area (Å²) in [6, 6.07) is 17.4. The standard InChI is InChI=1S/C17H14N4/c18-9-13-2-1-3-14(8-13)11-21-12-16(10-20-21)15-4-6-17(19)7-5-15/h1-8,10,12H,11,19H2. The Kier molecular flexibility index (Phi) is 3.40. The first-order chi connectivity index (χ1) is 10.2. The van der Waals surface area contributed by atoms with Gasteiger partial charge in [0.1, 0.15) is 0 Å². The van der Waals surface area contributed by atoms with Crippen molar-refractivity contribution in [2.45, 2.75) is 6.54 Å². The van der Waals surface area contributed by atoms with E-state index in [1.165, 1.54) is 0 Å². The highest BCUT2D eigenvalue weighted by atomic mass is 15.3. The lowest BCUT2D eigenvalue weighted by molar-refractivity contribution is 0.687. The highest BCUT2D eigenvalue weighted by Crippen LogP contribution is 2.20. The number of rotatable bonds is 3. The zero-order valence-electron chi connectivity index (χ0n) is 11.4. The van der Waals surface area contributed by atoms with Crippen molar-refractivity contribution < 1.29 is 0 Å². The number of hydrogen-bond donors (Lipinski definition) is 1. The predicted octanol–water partition coefficient (Wildman–Crippen LogP) is 3.05. The molecule has 1 heterocycles. The highest BCUT2D eigenvalue weighted by Gasteiger charge is 2.03. The molecule has 1 aromatic heterocycles. The van der Waals surface area contributed by atoms with E-state index in [0.29, 0.717) is 12.1 Å². The van der Waals surface area contributed by atoms with E-state index in [4.69, 9.17) is 11.0 Å². The highest BCUT2D eigenvalue weighted by molar-refractivity contribution is 5.64. The molecule has 0 bridgehead atoms. The molecule has 0 saturated carbocycles. The smallest absolute Gasteiger partial charge is 0.0991 e. The van der Waals surface area contributed by atoms with E-state index in [1.54, 1.807) is 6.07 Å². The van der Waals surface area contributed by atoms with Crippen LogP contribution in [0.25, 0.3) is 11.1 Å². The molecule has 102 valence electrons. The number of nitrogens with two attached hydrogens (primary N) is 1. The van der Waals surface area contributed by atoms with Gasteiger partial charge >= 0.3 is 0 Å². The Morgan fingerprint density at radius 2 is 1.90 bits per heavy atom. The van der Waals surface area contributed by atoms with Crippen molar-refractivity contribution in [2.75, 3.05) is 5.73 Å². The summed E-state index contributed by atoms with van der Waals surface area (Å²) in [5.41, 5.74) is 10.3. The normalized spacial score (nSPS) is 10.2. The van der Waals surface area contributed by atoms with Gasteiger partial charge in [-0.05, 0) is 35.4 Å². The molecule has 21 heavy (non-hydrogen) atoms. The van der Waals surface area contributed by atoms with Crippen molar-refractivity contribution in [1.29, 1.82) is 5.26 Å². The summed E-state index contributed by atoms with van der Waals surface area (Å²) < 4.78 is 1.86. The molecular weight excluding hydrogens is 260 g/mol. The second-order valence-electron chi connectivity index (χ2n) is 4.86. The number of benzene rings is 2. The first-order valence-electron chi connectivity index (χ1n) is 6.62. The zero-order chi connectivity index (χ0) is 14.7. The minimum Gasteiger partial charge on any atom is -0.399 e. The van der Waals surface area contributed by atoms with E-state index in [-0.39, 0.29) is 0 Å². The Hall–Kier alpha value is -3.06. The molecular formula is C17H14N4. The Labute approximate surface area is 123 Å². The van der Waals surface area contributed by atoms with Crippen LogP contribution in [0, 0.1) is 11.3 Å². The maximum absolute atomic E-state index is 8.92. The first kappa shape index (κ1) is 12.9. The predicted molar refractivity (Wildman–Crippen MR) is 82.3 cm³/mol. The van der Waals surface area contributed by atoms with Gasteiger partial charge in [0.15, 0.2) is 0 Å². The molecule has 4 nitrogen and oxygen atoms in total. The fraction of sp³-hybridized carbons (Fsp3) is 0.0588. The van der Waals surface area contributed by atoms with Crippen LogP contribution in [-0.2, 0) is 6.54 Å². The van der Waals surface area contributed by atoms with Crippen molar-refractivity contribution >= 4 is 5.69 Å². The summed E-state index contributed by atoms with van der Waals surface area (Å²) in [4.78, 5) is 0. The van der Waals surface area contributed by atoms with Crippen LogP contribution in [0.15, 0.2) is 60.9 Å². The molecule has 0 amide bonds. The molecule has 0 unspecified atom stereocenters. The van der Waals surface area contributed by atoms with Gasteiger partial charge in [-0.2, -0.15) is 10.4 Å². The number of aromatic nitrogens is 2. The number of hydrogen-bond acceptors (Lipinski definition) is 3. The van der Waals surface area contributed by atoms with Gasteiger partial charge in [0.05, 0.1) is 24.4 Å². The topological polar surface area (TPSA) is 67.6 Å². The summed E-state index contributed by atoms with van der Waals surface area (Å²) in [6.07, 6.45) is 3.82. The summed E-state index contributed by atoms with van der Waals surface area (Å²) in [5, 5.41) is 13.3. The molecule has 2 aromatic carbocycles. The summed E-state index contributed by atoms with van der Waals surface area (Å²) in [6.45, 7) is 0.643. The third kappa shape index (κ3) is 2.93. The number of nitrogen functional groups attached to an aromatic ring is 1. The first-order valence-corrected chi connectivity index (χ1v) is 6.62. The van der Waals surface area contributed by atoms with Crippen LogP contribution >= 0.6 is 0 Å². The fourth-order valence-electron chi connectivity index (χ4n) is 2.20. The van der Waals surface area contributed by atoms with Crippen molar-refractivity contribution in [3.05, 3.63) is 72.1 Å². The average Bonchev–Trinajstić information content (AvgIpc) is 2.96. The maximum atomic E-state index is 8.92. The summed E-state index contributed by atoms with van der Waals surface area (Å²) in [7, 11) is 0. The largest absolute Gasteiger partial charge is 0.399 e. The van der Waals surface area contributed by atoms with Crippen LogP contribution in [0.2, 0.25) is 0 Å². The van der Waals surface area contributed by atoms with Gasteiger partial charge in [-0.25, -0.2) is 0 Å². The third-order valence-corrected chi connectivity index (χ3v) is 3.28. The Morgan fingerprint density at radius 3 is 2.67 bits per heavy atom. The van der Waals surface area contributed by atoms with Crippen LogP contribution in [0.5, 0.6) is 0 Å². The molecule has 0 spiro atoms. The molecule has 0 atom stereocenters. The van der Waals surface area contributed by atoms with Gasteiger partial charge in [-0.3, -0.25) is 4.68 Å². The minimum absolute atomic E-state index is 0.643. The lowest BCUT2D eigenvalue weighted by Crippen LogP contribution is -1.99. The van der Waals surface area contributed by atoms with E-state index in [1.807, 2.05) is 59.5 Å². The molecule has 3 aromatic rings. The second kappa shape index (κ2) is 5.51. The van der Waals surface area contributed by atoms with Gasteiger partial charge in [-0.15, -0.1) is 0 Å². The van der Waals surface area contributed by atoms with E-state index < -0.39 is 0 Å². The van der Waals surface area contributed by atoms with Gasteiger partial charge in [0, 0.05) is 17.4 Å². The second-order valence-corrected chi connectivity index (χ2v) is 4.86. The van der Waals surface area contributed by atoms with Crippen molar-refractivity contribution in [3.8, 4) is 17.2 Å². The molecule has 0 radical (unpaired) electrons. The monoisotopic (exact) mass is 274 g/mol. The molecule has 0 fully saturated rings. The van der Waals surface area contributed by atoms with E-state index in [9.17, 15) is 0 Å². The number of nitriles is 1. The molecule has 2 N–H and O–H groups in total. The minimum atomic E-state index is 0.643. The maximum Gasteiger partial charge on any atom is 0.0991 e. The Bertz CT molecular complexity index is 794. The molecule has 0 aliphatic heterocycles. The fourth-order valence-corrected chi connectivity index (χ4v) is 2.20. The lowest BCUT2D eigenvalue weighted by Gasteiger charge is -2.02.